The van der Waals surface area contributed by atoms with Crippen LogP contribution in [0, 0.1) is 5.92 Å². The molecule has 15 heavy (non-hydrogen) atoms. The van der Waals surface area contributed by atoms with Crippen LogP contribution in [-0.4, -0.2) is 25.0 Å². The summed E-state index contributed by atoms with van der Waals surface area (Å²) in [6.07, 6.45) is 1.52. The Balaban J connectivity index is 4.44. The molecule has 4 nitrogen and oxygen atoms in total. The average Bonchev–Trinajstić information content (AvgIpc) is 2.23. The lowest BCUT2D eigenvalue weighted by Crippen LogP contribution is -2.28. The highest BCUT2D eigenvalue weighted by atomic mass is 31.1. The third-order valence-electron chi connectivity index (χ3n) is 2.08. The van der Waals surface area contributed by atoms with Crippen molar-refractivity contribution in [3.63, 3.8) is 0 Å². The Labute approximate surface area is 92.5 Å². The first-order chi connectivity index (χ1) is 7.21. The van der Waals surface area contributed by atoms with Gasteiger partial charge in [-0.3, -0.25) is 4.79 Å². The molecule has 3 atom stereocenters. The molecule has 90 valence electrons. The highest BCUT2D eigenvalue weighted by molar-refractivity contribution is 7.24. The summed E-state index contributed by atoms with van der Waals surface area (Å²) in [5.41, 5.74) is 0. The quantitative estimate of drug-likeness (QED) is 0.478. The molecule has 0 aromatic heterocycles. The van der Waals surface area contributed by atoms with Crippen LogP contribution in [0.2, 0.25) is 0 Å². The molecule has 0 bridgehead atoms. The summed E-state index contributed by atoms with van der Waals surface area (Å²) >= 11 is 0. The van der Waals surface area contributed by atoms with Crippen molar-refractivity contribution in [2.45, 2.75) is 39.5 Å². The van der Waals surface area contributed by atoms with Gasteiger partial charge in [-0.05, 0) is 20.3 Å². The van der Waals surface area contributed by atoms with Gasteiger partial charge in [-0.2, -0.15) is 0 Å². The van der Waals surface area contributed by atoms with Gasteiger partial charge in [0.05, 0.1) is 21.0 Å². The van der Waals surface area contributed by atoms with Gasteiger partial charge in [-0.15, -0.1) is 0 Å². The fourth-order valence-corrected chi connectivity index (χ4v) is 2.23. The molecule has 0 spiro atoms. The number of carbonyl (C=O) groups excluding carboxylic acids is 1. The van der Waals surface area contributed by atoms with Crippen molar-refractivity contribution >= 4 is 14.4 Å². The Morgan fingerprint density at radius 3 is 2.33 bits per heavy atom. The summed E-state index contributed by atoms with van der Waals surface area (Å²) in [6, 6.07) is 0. The molecule has 0 N–H and O–H groups in total. The minimum atomic E-state index is -1.11. The van der Waals surface area contributed by atoms with Crippen LogP contribution in [0.1, 0.15) is 33.6 Å². The minimum absolute atomic E-state index is 0.291. The topological polar surface area (TPSA) is 52.6 Å². The molecule has 0 amide bonds. The molecule has 0 heterocycles. The summed E-state index contributed by atoms with van der Waals surface area (Å²) < 4.78 is 21.2. The maximum Gasteiger partial charge on any atom is 0.312 e. The summed E-state index contributed by atoms with van der Waals surface area (Å²) in [7, 11) is -1.11. The van der Waals surface area contributed by atoms with Crippen LogP contribution in [0.5, 0.6) is 0 Å². The number of carbonyl (C=O) groups is 1. The number of hydrogen-bond donors (Lipinski definition) is 0. The monoisotopic (exact) mass is 236 g/mol. The zero-order valence-electron chi connectivity index (χ0n) is 9.69. The Morgan fingerprint density at radius 2 is 1.93 bits per heavy atom. The van der Waals surface area contributed by atoms with E-state index in [2.05, 4.69) is 0 Å². The standard InChI is InChI=1S/C10H21O4P/c1-4-7-8(9(11)13-5-2)10(15-12)14-6-3/h8,10H,4-7,15H2,1-3H3. The number of rotatable bonds is 8. The van der Waals surface area contributed by atoms with Gasteiger partial charge in [0.2, 0.25) is 0 Å². The molecule has 0 aromatic rings. The smallest absolute Gasteiger partial charge is 0.312 e. The van der Waals surface area contributed by atoms with Gasteiger partial charge in [0, 0.05) is 6.61 Å². The first kappa shape index (κ1) is 14.7. The highest BCUT2D eigenvalue weighted by Crippen LogP contribution is 2.24. The van der Waals surface area contributed by atoms with E-state index in [0.717, 1.165) is 6.42 Å². The zero-order valence-corrected chi connectivity index (χ0v) is 10.8. The van der Waals surface area contributed by atoms with Crippen molar-refractivity contribution in [1.82, 2.24) is 0 Å². The third-order valence-corrected chi connectivity index (χ3v) is 3.00. The van der Waals surface area contributed by atoms with Crippen LogP contribution in [0.3, 0.4) is 0 Å². The molecule has 0 saturated carbocycles. The van der Waals surface area contributed by atoms with Crippen LogP contribution in [0.15, 0.2) is 0 Å². The molecule has 0 aromatic carbocycles. The van der Waals surface area contributed by atoms with Crippen molar-refractivity contribution in [2.24, 2.45) is 5.92 Å². The van der Waals surface area contributed by atoms with E-state index in [-0.39, 0.29) is 11.9 Å². The predicted octanol–water partition coefficient (Wildman–Crippen LogP) is 2.08. The molecule has 0 radical (unpaired) electrons. The van der Waals surface area contributed by atoms with E-state index in [0.29, 0.717) is 19.6 Å². The van der Waals surface area contributed by atoms with Gasteiger partial charge in [0.15, 0.2) is 0 Å². The zero-order chi connectivity index (χ0) is 11.7. The molecular formula is C10H21O4P. The van der Waals surface area contributed by atoms with Gasteiger partial charge in [-0.25, -0.2) is 0 Å². The molecule has 0 fully saturated rings. The fraction of sp³-hybridized carbons (Fsp3) is 0.900. The minimum Gasteiger partial charge on any atom is -0.466 e. The number of ether oxygens (including phenoxy) is 2. The Morgan fingerprint density at radius 1 is 1.27 bits per heavy atom. The summed E-state index contributed by atoms with van der Waals surface area (Å²) in [6.45, 7) is 6.40. The molecule has 3 unspecified atom stereocenters. The van der Waals surface area contributed by atoms with Crippen molar-refractivity contribution in [3.8, 4) is 0 Å². The molecule has 0 saturated heterocycles. The van der Waals surface area contributed by atoms with Gasteiger partial charge >= 0.3 is 5.97 Å². The second-order valence-corrected chi connectivity index (χ2v) is 4.13. The summed E-state index contributed by atoms with van der Waals surface area (Å²) in [5.74, 6) is -1.13. The summed E-state index contributed by atoms with van der Waals surface area (Å²) in [5, 5.41) is 0. The van der Waals surface area contributed by atoms with Crippen LogP contribution in [-0.2, 0) is 18.8 Å². The van der Waals surface area contributed by atoms with E-state index in [1.165, 1.54) is 0 Å². The van der Waals surface area contributed by atoms with Gasteiger partial charge in [0.25, 0.3) is 0 Å². The van der Waals surface area contributed by atoms with Crippen molar-refractivity contribution in [1.29, 1.82) is 0 Å². The maximum atomic E-state index is 11.6. The first-order valence-electron chi connectivity index (χ1n) is 5.44. The molecular weight excluding hydrogens is 215 g/mol. The van der Waals surface area contributed by atoms with Crippen LogP contribution in [0.4, 0.5) is 0 Å². The second kappa shape index (κ2) is 8.93. The Bertz CT molecular complexity index is 196. The molecule has 5 heteroatoms. The van der Waals surface area contributed by atoms with Crippen molar-refractivity contribution in [2.75, 3.05) is 13.2 Å². The van der Waals surface area contributed by atoms with E-state index in [1.54, 1.807) is 6.92 Å². The Kier molecular flexibility index (Phi) is 8.73. The van der Waals surface area contributed by atoms with Crippen LogP contribution >= 0.6 is 8.46 Å². The van der Waals surface area contributed by atoms with E-state index < -0.39 is 14.3 Å². The van der Waals surface area contributed by atoms with E-state index in [1.807, 2.05) is 13.8 Å². The summed E-state index contributed by atoms with van der Waals surface area (Å²) in [4.78, 5) is 11.6. The SMILES string of the molecule is CCCC(C(=O)OCC)C(OCC)[PH2]=O. The lowest BCUT2D eigenvalue weighted by atomic mass is 10.1. The maximum absolute atomic E-state index is 11.6. The van der Waals surface area contributed by atoms with Gasteiger partial charge in [-0.1, -0.05) is 13.3 Å². The van der Waals surface area contributed by atoms with Crippen molar-refractivity contribution < 1.29 is 18.8 Å². The average molecular weight is 236 g/mol. The van der Waals surface area contributed by atoms with Gasteiger partial charge < -0.3 is 14.0 Å². The van der Waals surface area contributed by atoms with Crippen LogP contribution < -0.4 is 0 Å². The number of esters is 1. The highest BCUT2D eigenvalue weighted by Gasteiger charge is 2.28. The van der Waals surface area contributed by atoms with E-state index >= 15 is 0 Å². The molecule has 0 rings (SSSR count). The lowest BCUT2D eigenvalue weighted by molar-refractivity contribution is -0.151. The first-order valence-corrected chi connectivity index (χ1v) is 6.58. The third kappa shape index (κ3) is 5.33. The van der Waals surface area contributed by atoms with Crippen LogP contribution in [0.25, 0.3) is 0 Å². The van der Waals surface area contributed by atoms with Crippen molar-refractivity contribution in [3.05, 3.63) is 0 Å². The van der Waals surface area contributed by atoms with E-state index in [9.17, 15) is 9.36 Å². The molecule has 0 aliphatic carbocycles. The Hall–Kier alpha value is -0.340. The van der Waals surface area contributed by atoms with Gasteiger partial charge in [0.1, 0.15) is 5.85 Å². The normalized spacial score (nSPS) is 15.4. The molecule has 0 aliphatic rings. The number of hydrogen-bond acceptors (Lipinski definition) is 4. The fourth-order valence-electron chi connectivity index (χ4n) is 1.42. The lowest BCUT2D eigenvalue weighted by Gasteiger charge is -2.20. The molecule has 0 aliphatic heterocycles. The largest absolute Gasteiger partial charge is 0.466 e. The van der Waals surface area contributed by atoms with E-state index in [4.69, 9.17) is 9.47 Å². The second-order valence-electron chi connectivity index (χ2n) is 3.20. The predicted molar refractivity (Wildman–Crippen MR) is 60.8 cm³/mol.